The molecule has 4 heteroatoms. The predicted molar refractivity (Wildman–Crippen MR) is 62.1 cm³/mol. The molecule has 4 nitrogen and oxygen atoms in total. The summed E-state index contributed by atoms with van der Waals surface area (Å²) in [4.78, 5) is 13.7. The lowest BCUT2D eigenvalue weighted by Gasteiger charge is -2.16. The quantitative estimate of drug-likeness (QED) is 0.687. The number of nitrogens with two attached hydrogens (primary N) is 1. The highest BCUT2D eigenvalue weighted by Gasteiger charge is 2.25. The molecule has 0 saturated carbocycles. The van der Waals surface area contributed by atoms with Crippen molar-refractivity contribution < 1.29 is 9.90 Å². The van der Waals surface area contributed by atoms with Crippen LogP contribution in [0.2, 0.25) is 0 Å². The van der Waals surface area contributed by atoms with E-state index < -0.39 is 0 Å². The number of aliphatic hydroxyl groups excluding tert-OH is 1. The van der Waals surface area contributed by atoms with E-state index in [0.717, 1.165) is 5.56 Å². The molecule has 1 heterocycles. The van der Waals surface area contributed by atoms with E-state index in [-0.39, 0.29) is 12.0 Å². The van der Waals surface area contributed by atoms with Crippen molar-refractivity contribution in [3.05, 3.63) is 29.3 Å². The van der Waals surface area contributed by atoms with Crippen LogP contribution in [0.5, 0.6) is 0 Å². The van der Waals surface area contributed by atoms with E-state index in [9.17, 15) is 9.90 Å². The number of nitrogen functional groups attached to an aromatic ring is 1. The largest absolute Gasteiger partial charge is 0.399 e. The number of hydrogen-bond donors (Lipinski definition) is 2. The summed E-state index contributed by atoms with van der Waals surface area (Å²) in [6, 6.07) is 5.27. The summed E-state index contributed by atoms with van der Waals surface area (Å²) in [6.07, 6.45) is 0.290. The Bertz CT molecular complexity index is 417. The lowest BCUT2D eigenvalue weighted by Crippen LogP contribution is -2.29. The Kier molecular flexibility index (Phi) is 2.83. The maximum absolute atomic E-state index is 12.0. The summed E-state index contributed by atoms with van der Waals surface area (Å²) >= 11 is 0. The normalized spacial score (nSPS) is 20.1. The van der Waals surface area contributed by atoms with E-state index in [0.29, 0.717) is 30.8 Å². The van der Waals surface area contributed by atoms with Gasteiger partial charge < -0.3 is 15.7 Å². The number of rotatable bonds is 1. The fourth-order valence-electron chi connectivity index (χ4n) is 1.92. The number of carbonyl (C=O) groups excluding carboxylic acids is 1. The second kappa shape index (κ2) is 4.14. The number of anilines is 1. The van der Waals surface area contributed by atoms with Crippen LogP contribution in [0.25, 0.3) is 0 Å². The summed E-state index contributed by atoms with van der Waals surface area (Å²) in [5.74, 6) is -0.0281. The molecular formula is C12H16N2O2. The molecule has 0 unspecified atom stereocenters. The SMILES string of the molecule is Cc1cc(C(=O)N2CC[C@H](O)C2)ccc1N. The second-order valence-electron chi connectivity index (χ2n) is 4.27. The van der Waals surface area contributed by atoms with Gasteiger partial charge in [0.2, 0.25) is 0 Å². The highest BCUT2D eigenvalue weighted by Crippen LogP contribution is 2.17. The third kappa shape index (κ3) is 2.02. The number of benzene rings is 1. The molecule has 0 spiro atoms. The molecule has 1 fully saturated rings. The molecule has 1 aromatic carbocycles. The Morgan fingerprint density at radius 1 is 1.56 bits per heavy atom. The van der Waals surface area contributed by atoms with Crippen LogP contribution in [0.4, 0.5) is 5.69 Å². The Labute approximate surface area is 94.7 Å². The Morgan fingerprint density at radius 3 is 2.88 bits per heavy atom. The van der Waals surface area contributed by atoms with Crippen LogP contribution < -0.4 is 5.73 Å². The fraction of sp³-hybridized carbons (Fsp3) is 0.417. The highest BCUT2D eigenvalue weighted by atomic mass is 16.3. The van der Waals surface area contributed by atoms with Gasteiger partial charge in [-0.05, 0) is 37.1 Å². The smallest absolute Gasteiger partial charge is 0.253 e. The zero-order chi connectivity index (χ0) is 11.7. The summed E-state index contributed by atoms with van der Waals surface area (Å²) in [7, 11) is 0. The number of aliphatic hydroxyl groups is 1. The van der Waals surface area contributed by atoms with Gasteiger partial charge in [0.05, 0.1) is 6.10 Å². The highest BCUT2D eigenvalue weighted by molar-refractivity contribution is 5.95. The fourth-order valence-corrected chi connectivity index (χ4v) is 1.92. The number of carbonyl (C=O) groups is 1. The van der Waals surface area contributed by atoms with Crippen molar-refractivity contribution >= 4 is 11.6 Å². The first-order chi connectivity index (χ1) is 7.58. The number of β-amino-alcohol motifs (C(OH)–C–C–N with tert-alkyl or cyclic N) is 1. The number of amides is 1. The van der Waals surface area contributed by atoms with Crippen LogP contribution in [-0.2, 0) is 0 Å². The van der Waals surface area contributed by atoms with Crippen LogP contribution in [-0.4, -0.2) is 35.1 Å². The van der Waals surface area contributed by atoms with E-state index in [1.165, 1.54) is 0 Å². The van der Waals surface area contributed by atoms with Crippen molar-refractivity contribution in [2.24, 2.45) is 0 Å². The summed E-state index contributed by atoms with van der Waals surface area (Å²) in [5.41, 5.74) is 7.94. The number of nitrogens with zero attached hydrogens (tertiary/aromatic N) is 1. The van der Waals surface area contributed by atoms with Crippen LogP contribution >= 0.6 is 0 Å². The minimum Gasteiger partial charge on any atom is -0.399 e. The van der Waals surface area contributed by atoms with Gasteiger partial charge >= 0.3 is 0 Å². The number of aryl methyl sites for hydroxylation is 1. The average Bonchev–Trinajstić information content (AvgIpc) is 2.68. The Hall–Kier alpha value is -1.55. The second-order valence-corrected chi connectivity index (χ2v) is 4.27. The molecule has 1 aliphatic heterocycles. The van der Waals surface area contributed by atoms with Crippen LogP contribution in [0.1, 0.15) is 22.3 Å². The molecule has 1 atom stereocenters. The third-order valence-corrected chi connectivity index (χ3v) is 2.97. The van der Waals surface area contributed by atoms with Gasteiger partial charge in [-0.15, -0.1) is 0 Å². The summed E-state index contributed by atoms with van der Waals surface area (Å²) < 4.78 is 0. The van der Waals surface area contributed by atoms with Gasteiger partial charge in [0.15, 0.2) is 0 Å². The maximum atomic E-state index is 12.0. The number of hydrogen-bond acceptors (Lipinski definition) is 3. The van der Waals surface area contributed by atoms with Crippen molar-refractivity contribution in [1.82, 2.24) is 4.90 Å². The van der Waals surface area contributed by atoms with E-state index in [1.54, 1.807) is 23.1 Å². The Balaban J connectivity index is 2.18. The average molecular weight is 220 g/mol. The van der Waals surface area contributed by atoms with Gasteiger partial charge in [0.25, 0.3) is 5.91 Å². The minimum absolute atomic E-state index is 0.0281. The van der Waals surface area contributed by atoms with Crippen molar-refractivity contribution in [1.29, 1.82) is 0 Å². The van der Waals surface area contributed by atoms with Gasteiger partial charge in [-0.1, -0.05) is 0 Å². The molecule has 2 rings (SSSR count). The topological polar surface area (TPSA) is 66.6 Å². The first-order valence-electron chi connectivity index (χ1n) is 5.41. The van der Waals surface area contributed by atoms with Gasteiger partial charge in [0, 0.05) is 24.3 Å². The van der Waals surface area contributed by atoms with E-state index in [2.05, 4.69) is 0 Å². The zero-order valence-corrected chi connectivity index (χ0v) is 9.31. The molecule has 1 aliphatic rings. The van der Waals surface area contributed by atoms with Crippen molar-refractivity contribution in [2.45, 2.75) is 19.4 Å². The van der Waals surface area contributed by atoms with Crippen molar-refractivity contribution in [3.8, 4) is 0 Å². The van der Waals surface area contributed by atoms with Gasteiger partial charge in [-0.25, -0.2) is 0 Å². The third-order valence-electron chi connectivity index (χ3n) is 2.97. The maximum Gasteiger partial charge on any atom is 0.253 e. The van der Waals surface area contributed by atoms with E-state index in [4.69, 9.17) is 5.73 Å². The standard InChI is InChI=1S/C12H16N2O2/c1-8-6-9(2-3-11(8)13)12(16)14-5-4-10(15)7-14/h2-3,6,10,15H,4-5,7,13H2,1H3/t10-/m0/s1. The van der Waals surface area contributed by atoms with Crippen molar-refractivity contribution in [3.63, 3.8) is 0 Å². The molecule has 1 saturated heterocycles. The minimum atomic E-state index is -0.376. The molecule has 0 aliphatic carbocycles. The van der Waals surface area contributed by atoms with E-state index >= 15 is 0 Å². The molecule has 0 radical (unpaired) electrons. The lowest BCUT2D eigenvalue weighted by molar-refractivity contribution is 0.0765. The molecule has 86 valence electrons. The first-order valence-corrected chi connectivity index (χ1v) is 5.41. The van der Waals surface area contributed by atoms with Crippen LogP contribution in [0.3, 0.4) is 0 Å². The van der Waals surface area contributed by atoms with Crippen LogP contribution in [0, 0.1) is 6.92 Å². The molecule has 1 amide bonds. The monoisotopic (exact) mass is 220 g/mol. The van der Waals surface area contributed by atoms with Gasteiger partial charge in [-0.2, -0.15) is 0 Å². The summed E-state index contributed by atoms with van der Waals surface area (Å²) in [5, 5.41) is 9.38. The summed E-state index contributed by atoms with van der Waals surface area (Å²) in [6.45, 7) is 2.94. The van der Waals surface area contributed by atoms with Gasteiger partial charge in [-0.3, -0.25) is 4.79 Å². The van der Waals surface area contributed by atoms with E-state index in [1.807, 2.05) is 6.92 Å². The molecular weight excluding hydrogens is 204 g/mol. The van der Waals surface area contributed by atoms with Crippen molar-refractivity contribution in [2.75, 3.05) is 18.8 Å². The molecule has 16 heavy (non-hydrogen) atoms. The Morgan fingerprint density at radius 2 is 2.31 bits per heavy atom. The molecule has 0 bridgehead atoms. The number of likely N-dealkylation sites (tertiary alicyclic amines) is 1. The lowest BCUT2D eigenvalue weighted by atomic mass is 10.1. The molecule has 3 N–H and O–H groups in total. The van der Waals surface area contributed by atoms with Gasteiger partial charge in [0.1, 0.15) is 0 Å². The zero-order valence-electron chi connectivity index (χ0n) is 9.31. The molecule has 0 aromatic heterocycles. The predicted octanol–water partition coefficient (Wildman–Crippen LogP) is 0.784. The molecule has 1 aromatic rings. The first kappa shape index (κ1) is 11.0. The van der Waals surface area contributed by atoms with Crippen LogP contribution in [0.15, 0.2) is 18.2 Å².